The van der Waals surface area contributed by atoms with Crippen LogP contribution in [-0.2, 0) is 11.2 Å². The zero-order chi connectivity index (χ0) is 17.1. The summed E-state index contributed by atoms with van der Waals surface area (Å²) in [5.74, 6) is -0.898. The van der Waals surface area contributed by atoms with E-state index < -0.39 is 18.1 Å². The summed E-state index contributed by atoms with van der Waals surface area (Å²) >= 11 is 0. The van der Waals surface area contributed by atoms with Crippen LogP contribution >= 0.6 is 0 Å². The molecule has 6 heteroatoms. The molecule has 0 bridgehead atoms. The predicted molar refractivity (Wildman–Crippen MR) is 91.3 cm³/mol. The molecule has 3 atom stereocenters. The van der Waals surface area contributed by atoms with Gasteiger partial charge in [0.2, 0.25) is 0 Å². The van der Waals surface area contributed by atoms with Gasteiger partial charge in [-0.05, 0) is 44.7 Å². The van der Waals surface area contributed by atoms with Crippen LogP contribution in [0.5, 0.6) is 0 Å². The summed E-state index contributed by atoms with van der Waals surface area (Å²) in [6.07, 6.45) is 3.47. The van der Waals surface area contributed by atoms with E-state index >= 15 is 0 Å². The van der Waals surface area contributed by atoms with Crippen LogP contribution in [0.25, 0.3) is 0 Å². The highest BCUT2D eigenvalue weighted by atomic mass is 16.4. The number of benzene rings is 1. The molecule has 23 heavy (non-hydrogen) atoms. The van der Waals surface area contributed by atoms with E-state index in [4.69, 9.17) is 5.73 Å². The Morgan fingerprint density at radius 1 is 1.26 bits per heavy atom. The number of hydrogen-bond donors (Lipinski definition) is 3. The number of rotatable bonds is 12. The van der Waals surface area contributed by atoms with Crippen LogP contribution in [0.4, 0.5) is 0 Å². The molecular weight excluding hydrogens is 294 g/mol. The number of nitrogens with two attached hydrogens (primary N) is 1. The molecule has 0 heterocycles. The molecule has 0 aromatic heterocycles. The molecule has 1 aromatic rings. The molecular formula is C17H27N3O3. The predicted octanol–water partition coefficient (Wildman–Crippen LogP) is 2.31. The molecule has 2 unspecified atom stereocenters. The van der Waals surface area contributed by atoms with Crippen molar-refractivity contribution in [1.29, 1.82) is 0 Å². The fourth-order valence-corrected chi connectivity index (χ4v) is 2.53. The largest absolute Gasteiger partial charge is 0.480 e. The molecule has 0 aliphatic rings. The third kappa shape index (κ3) is 7.34. The van der Waals surface area contributed by atoms with Gasteiger partial charge in [0, 0.05) is 6.04 Å². The van der Waals surface area contributed by atoms with Crippen molar-refractivity contribution in [1.82, 2.24) is 5.32 Å². The highest BCUT2D eigenvalue weighted by molar-refractivity contribution is 5.73. The monoisotopic (exact) mass is 321 g/mol. The number of aliphatic carboxylic acids is 1. The number of nitroso groups, excluding NO2 is 1. The summed E-state index contributed by atoms with van der Waals surface area (Å²) in [5.41, 5.74) is 6.61. The van der Waals surface area contributed by atoms with Crippen molar-refractivity contribution >= 4 is 5.97 Å². The number of hydrogen-bond acceptors (Lipinski definition) is 5. The standard InChI is InChI=1S/C17H27N3O3/c1-13(20-23)15(11-10-14-7-3-2-4-8-14)19-16(17(21)22)9-5-6-12-18/h2-4,7-8,13,15-16,19H,5-6,9-12,18H2,1H3,(H,21,22)/t13?,15?,16-/m0/s1. The first kappa shape index (κ1) is 19.3. The van der Waals surface area contributed by atoms with E-state index in [0.717, 1.165) is 24.8 Å². The van der Waals surface area contributed by atoms with Crippen LogP contribution in [0.15, 0.2) is 35.5 Å². The first-order valence-electron chi connectivity index (χ1n) is 8.13. The van der Waals surface area contributed by atoms with Gasteiger partial charge in [-0.2, -0.15) is 4.91 Å². The molecule has 6 nitrogen and oxygen atoms in total. The Labute approximate surface area is 137 Å². The Morgan fingerprint density at radius 2 is 1.96 bits per heavy atom. The molecule has 0 fully saturated rings. The van der Waals surface area contributed by atoms with Crippen molar-refractivity contribution in [2.75, 3.05) is 6.54 Å². The van der Waals surface area contributed by atoms with E-state index in [2.05, 4.69) is 10.5 Å². The minimum atomic E-state index is -0.898. The topological polar surface area (TPSA) is 105 Å². The van der Waals surface area contributed by atoms with E-state index in [1.165, 1.54) is 0 Å². The summed E-state index contributed by atoms with van der Waals surface area (Å²) < 4.78 is 0. The van der Waals surface area contributed by atoms with Gasteiger partial charge >= 0.3 is 5.97 Å². The lowest BCUT2D eigenvalue weighted by Crippen LogP contribution is -2.47. The third-order valence-electron chi connectivity index (χ3n) is 4.00. The van der Waals surface area contributed by atoms with Gasteiger partial charge in [0.25, 0.3) is 0 Å². The van der Waals surface area contributed by atoms with Crippen LogP contribution in [0.2, 0.25) is 0 Å². The van der Waals surface area contributed by atoms with Crippen molar-refractivity contribution in [3.8, 4) is 0 Å². The molecule has 0 amide bonds. The normalized spacial score (nSPS) is 14.9. The van der Waals surface area contributed by atoms with Gasteiger partial charge in [-0.1, -0.05) is 41.9 Å². The molecule has 1 aromatic carbocycles. The van der Waals surface area contributed by atoms with Crippen LogP contribution < -0.4 is 11.1 Å². The molecule has 0 radical (unpaired) electrons. The summed E-state index contributed by atoms with van der Waals surface area (Å²) in [6.45, 7) is 2.27. The lowest BCUT2D eigenvalue weighted by atomic mass is 9.99. The summed E-state index contributed by atoms with van der Waals surface area (Å²) in [7, 11) is 0. The summed E-state index contributed by atoms with van der Waals surface area (Å²) in [4.78, 5) is 22.3. The highest BCUT2D eigenvalue weighted by Gasteiger charge is 2.25. The smallest absolute Gasteiger partial charge is 0.320 e. The van der Waals surface area contributed by atoms with E-state index in [0.29, 0.717) is 19.4 Å². The molecule has 0 saturated carbocycles. The summed E-state index contributed by atoms with van der Waals surface area (Å²) in [6, 6.07) is 8.51. The molecule has 0 aliphatic carbocycles. The average molecular weight is 321 g/mol. The lowest BCUT2D eigenvalue weighted by molar-refractivity contribution is -0.140. The van der Waals surface area contributed by atoms with Crippen molar-refractivity contribution in [3.05, 3.63) is 40.8 Å². The number of carbonyl (C=O) groups is 1. The second-order valence-corrected chi connectivity index (χ2v) is 5.82. The zero-order valence-corrected chi connectivity index (χ0v) is 13.6. The number of aryl methyl sites for hydroxylation is 1. The first-order valence-corrected chi connectivity index (χ1v) is 8.13. The molecule has 0 saturated heterocycles. The molecule has 1 rings (SSSR count). The van der Waals surface area contributed by atoms with Gasteiger partial charge in [0.05, 0.1) is 0 Å². The van der Waals surface area contributed by atoms with E-state index in [1.807, 2.05) is 30.3 Å². The van der Waals surface area contributed by atoms with Crippen LogP contribution in [-0.4, -0.2) is 35.7 Å². The van der Waals surface area contributed by atoms with Crippen LogP contribution in [0, 0.1) is 4.91 Å². The number of nitrogens with zero attached hydrogens (tertiary/aromatic N) is 1. The Balaban J connectivity index is 2.64. The molecule has 128 valence electrons. The average Bonchev–Trinajstić information content (AvgIpc) is 2.57. The van der Waals surface area contributed by atoms with Gasteiger partial charge in [0.15, 0.2) is 0 Å². The Bertz CT molecular complexity index is 467. The van der Waals surface area contributed by atoms with Gasteiger partial charge in [-0.3, -0.25) is 10.1 Å². The number of nitrogens with one attached hydrogen (secondary N) is 1. The van der Waals surface area contributed by atoms with E-state index in [-0.39, 0.29) is 6.04 Å². The zero-order valence-electron chi connectivity index (χ0n) is 13.6. The van der Waals surface area contributed by atoms with Crippen molar-refractivity contribution in [2.45, 2.75) is 57.2 Å². The molecule has 0 aliphatic heterocycles. The SMILES string of the molecule is CC(N=O)C(CCc1ccccc1)N[C@@H](CCCCN)C(=O)O. The maximum absolute atomic E-state index is 11.4. The van der Waals surface area contributed by atoms with Crippen molar-refractivity contribution in [2.24, 2.45) is 10.9 Å². The third-order valence-corrected chi connectivity index (χ3v) is 4.00. The quantitative estimate of drug-likeness (QED) is 0.405. The van der Waals surface area contributed by atoms with Crippen LogP contribution in [0.3, 0.4) is 0 Å². The minimum absolute atomic E-state index is 0.258. The van der Waals surface area contributed by atoms with Crippen LogP contribution in [0.1, 0.15) is 38.2 Å². The Kier molecular flexibility index (Phi) is 9.09. The molecule has 0 spiro atoms. The number of unbranched alkanes of at least 4 members (excludes halogenated alkanes) is 1. The maximum atomic E-state index is 11.4. The minimum Gasteiger partial charge on any atom is -0.480 e. The van der Waals surface area contributed by atoms with Crippen molar-refractivity contribution < 1.29 is 9.90 Å². The van der Waals surface area contributed by atoms with Gasteiger partial charge in [-0.15, -0.1) is 0 Å². The van der Waals surface area contributed by atoms with E-state index in [9.17, 15) is 14.8 Å². The number of carboxylic acid groups (broad SMARTS) is 1. The Hall–Kier alpha value is -1.79. The number of carboxylic acids is 1. The Morgan fingerprint density at radius 3 is 2.52 bits per heavy atom. The summed E-state index contributed by atoms with van der Waals surface area (Å²) in [5, 5.41) is 15.5. The highest BCUT2D eigenvalue weighted by Crippen LogP contribution is 2.12. The van der Waals surface area contributed by atoms with Gasteiger partial charge in [-0.25, -0.2) is 0 Å². The fraction of sp³-hybridized carbons (Fsp3) is 0.588. The first-order chi connectivity index (χ1) is 11.1. The van der Waals surface area contributed by atoms with Gasteiger partial charge < -0.3 is 10.8 Å². The fourth-order valence-electron chi connectivity index (χ4n) is 2.53. The maximum Gasteiger partial charge on any atom is 0.320 e. The molecule has 4 N–H and O–H groups in total. The second kappa shape index (κ2) is 10.9. The lowest BCUT2D eigenvalue weighted by Gasteiger charge is -2.25. The second-order valence-electron chi connectivity index (χ2n) is 5.82. The van der Waals surface area contributed by atoms with Gasteiger partial charge in [0.1, 0.15) is 12.1 Å². The van der Waals surface area contributed by atoms with Crippen molar-refractivity contribution in [3.63, 3.8) is 0 Å². The van der Waals surface area contributed by atoms with E-state index in [1.54, 1.807) is 6.92 Å².